The minimum atomic E-state index is -1.02. The molecule has 6 nitrogen and oxygen atoms in total. The van der Waals surface area contributed by atoms with Crippen molar-refractivity contribution >= 4 is 17.7 Å². The van der Waals surface area contributed by atoms with E-state index in [-0.39, 0.29) is 0 Å². The summed E-state index contributed by atoms with van der Waals surface area (Å²) in [5.41, 5.74) is -0.502. The molecule has 1 amide bonds. The molecule has 1 fully saturated rings. The Bertz CT molecular complexity index is 612. The number of aliphatic hydroxyl groups is 1. The molecule has 1 saturated carbocycles. The normalized spacial score (nSPS) is 24.2. The number of nitrogens with one attached hydrogen (secondary N) is 1. The van der Waals surface area contributed by atoms with Crippen LogP contribution in [-0.4, -0.2) is 34.0 Å². The van der Waals surface area contributed by atoms with Crippen LogP contribution in [0.3, 0.4) is 0 Å². The zero-order valence-corrected chi connectivity index (χ0v) is 14.3. The summed E-state index contributed by atoms with van der Waals surface area (Å²) in [5.74, 6) is -0.899. The van der Waals surface area contributed by atoms with E-state index < -0.39 is 29.2 Å². The lowest BCUT2D eigenvalue weighted by Gasteiger charge is -2.35. The van der Waals surface area contributed by atoms with E-state index in [4.69, 9.17) is 4.74 Å². The lowest BCUT2D eigenvalue weighted by molar-refractivity contribution is -0.146. The monoisotopic (exact) mass is 335 g/mol. The van der Waals surface area contributed by atoms with Crippen molar-refractivity contribution in [3.8, 4) is 0 Å². The first-order valence-electron chi connectivity index (χ1n) is 8.14. The van der Waals surface area contributed by atoms with Crippen molar-refractivity contribution in [2.45, 2.75) is 63.6 Å². The maximum absolute atomic E-state index is 11.9. The molecule has 0 bridgehead atoms. The van der Waals surface area contributed by atoms with Crippen molar-refractivity contribution < 1.29 is 24.5 Å². The third kappa shape index (κ3) is 4.26. The summed E-state index contributed by atoms with van der Waals surface area (Å²) in [7, 11) is 0. The quantitative estimate of drug-likeness (QED) is 0.788. The molecule has 2 rings (SSSR count). The van der Waals surface area contributed by atoms with Crippen LogP contribution in [0.5, 0.6) is 0 Å². The van der Waals surface area contributed by atoms with E-state index in [1.165, 1.54) is 0 Å². The molecule has 0 aromatic heterocycles. The van der Waals surface area contributed by atoms with Crippen LogP contribution in [0, 0.1) is 0 Å². The van der Waals surface area contributed by atoms with E-state index in [0.717, 1.165) is 0 Å². The van der Waals surface area contributed by atoms with Gasteiger partial charge in [0.2, 0.25) is 0 Å². The Balaban J connectivity index is 2.22. The third-order valence-electron chi connectivity index (χ3n) is 4.28. The second-order valence-corrected chi connectivity index (χ2v) is 7.33. The van der Waals surface area contributed by atoms with Gasteiger partial charge >= 0.3 is 12.1 Å². The zero-order valence-electron chi connectivity index (χ0n) is 14.3. The van der Waals surface area contributed by atoms with Crippen molar-refractivity contribution in [1.82, 2.24) is 0 Å². The Kier molecular flexibility index (Phi) is 5.18. The fraction of sp³-hybridized carbons (Fsp3) is 0.556. The zero-order chi connectivity index (χ0) is 18.0. The predicted octanol–water partition coefficient (Wildman–Crippen LogP) is 3.29. The first-order valence-corrected chi connectivity index (χ1v) is 8.14. The SMILES string of the molecule is CC(C)(C)OC(=O)Nc1cccc(C2(C(=O)O)CCC(O)CC2)c1. The number of benzene rings is 1. The van der Waals surface area contributed by atoms with Gasteiger partial charge in [-0.2, -0.15) is 0 Å². The number of hydrogen-bond donors (Lipinski definition) is 3. The summed E-state index contributed by atoms with van der Waals surface area (Å²) >= 11 is 0. The van der Waals surface area contributed by atoms with Crippen molar-refractivity contribution in [3.05, 3.63) is 29.8 Å². The number of amides is 1. The van der Waals surface area contributed by atoms with Gasteiger partial charge in [0.15, 0.2) is 0 Å². The highest BCUT2D eigenvalue weighted by molar-refractivity contribution is 5.86. The molecule has 0 atom stereocenters. The van der Waals surface area contributed by atoms with Crippen molar-refractivity contribution in [2.75, 3.05) is 5.32 Å². The van der Waals surface area contributed by atoms with Gasteiger partial charge in [0, 0.05) is 5.69 Å². The summed E-state index contributed by atoms with van der Waals surface area (Å²) in [6, 6.07) is 6.85. The van der Waals surface area contributed by atoms with Crippen LogP contribution in [0.1, 0.15) is 52.0 Å². The molecule has 1 aromatic rings. The summed E-state index contributed by atoms with van der Waals surface area (Å²) in [6.07, 6.45) is 0.633. The molecular formula is C18H25NO5. The highest BCUT2D eigenvalue weighted by atomic mass is 16.6. The topological polar surface area (TPSA) is 95.9 Å². The van der Waals surface area contributed by atoms with Gasteiger partial charge in [0.05, 0.1) is 11.5 Å². The molecule has 0 heterocycles. The van der Waals surface area contributed by atoms with Gasteiger partial charge in [-0.25, -0.2) is 4.79 Å². The number of aliphatic hydroxyl groups excluding tert-OH is 1. The number of rotatable bonds is 3. The second kappa shape index (κ2) is 6.81. The number of anilines is 1. The molecule has 0 saturated heterocycles. The van der Waals surface area contributed by atoms with E-state index in [0.29, 0.717) is 36.9 Å². The maximum Gasteiger partial charge on any atom is 0.412 e. The summed E-state index contributed by atoms with van der Waals surface area (Å²) < 4.78 is 5.21. The number of carbonyl (C=O) groups excluding carboxylic acids is 1. The predicted molar refractivity (Wildman–Crippen MR) is 90.1 cm³/mol. The van der Waals surface area contributed by atoms with Crippen molar-refractivity contribution in [2.24, 2.45) is 0 Å². The minimum Gasteiger partial charge on any atom is -0.481 e. The molecule has 1 aliphatic rings. The van der Waals surface area contributed by atoms with Crippen molar-refractivity contribution in [1.29, 1.82) is 0 Å². The molecule has 3 N–H and O–H groups in total. The average molecular weight is 335 g/mol. The first kappa shape index (κ1) is 18.3. The molecule has 132 valence electrons. The Labute approximate surface area is 141 Å². The number of ether oxygens (including phenoxy) is 1. The minimum absolute atomic E-state index is 0.374. The number of carbonyl (C=O) groups is 2. The average Bonchev–Trinajstić information content (AvgIpc) is 2.46. The van der Waals surface area contributed by atoms with Crippen LogP contribution in [0.25, 0.3) is 0 Å². The van der Waals surface area contributed by atoms with E-state index in [9.17, 15) is 19.8 Å². The Morgan fingerprint density at radius 2 is 1.88 bits per heavy atom. The number of carboxylic acids is 1. The molecule has 0 radical (unpaired) electrons. The lowest BCUT2D eigenvalue weighted by Crippen LogP contribution is -2.40. The molecule has 0 aliphatic heterocycles. The Morgan fingerprint density at radius 3 is 2.42 bits per heavy atom. The molecular weight excluding hydrogens is 310 g/mol. The second-order valence-electron chi connectivity index (χ2n) is 7.33. The maximum atomic E-state index is 11.9. The molecule has 6 heteroatoms. The van der Waals surface area contributed by atoms with Crippen LogP contribution < -0.4 is 5.32 Å². The molecule has 0 spiro atoms. The van der Waals surface area contributed by atoms with E-state index >= 15 is 0 Å². The summed E-state index contributed by atoms with van der Waals surface area (Å²) in [5, 5.41) is 22.1. The van der Waals surface area contributed by atoms with E-state index in [1.54, 1.807) is 45.0 Å². The van der Waals surface area contributed by atoms with Gasteiger partial charge < -0.3 is 14.9 Å². The highest BCUT2D eigenvalue weighted by Crippen LogP contribution is 2.40. The van der Waals surface area contributed by atoms with Crippen LogP contribution in [0.4, 0.5) is 10.5 Å². The Morgan fingerprint density at radius 1 is 1.25 bits per heavy atom. The Hall–Kier alpha value is -2.08. The highest BCUT2D eigenvalue weighted by Gasteiger charge is 2.43. The van der Waals surface area contributed by atoms with Gasteiger partial charge in [0.25, 0.3) is 0 Å². The molecule has 1 aromatic carbocycles. The largest absolute Gasteiger partial charge is 0.481 e. The third-order valence-corrected chi connectivity index (χ3v) is 4.28. The molecule has 1 aliphatic carbocycles. The van der Waals surface area contributed by atoms with Crippen molar-refractivity contribution in [3.63, 3.8) is 0 Å². The molecule has 24 heavy (non-hydrogen) atoms. The molecule has 0 unspecified atom stereocenters. The number of carboxylic acid groups (broad SMARTS) is 1. The summed E-state index contributed by atoms with van der Waals surface area (Å²) in [6.45, 7) is 5.32. The van der Waals surface area contributed by atoms with E-state index in [2.05, 4.69) is 5.32 Å². The van der Waals surface area contributed by atoms with Crippen LogP contribution in [0.2, 0.25) is 0 Å². The summed E-state index contributed by atoms with van der Waals surface area (Å²) in [4.78, 5) is 23.8. The van der Waals surface area contributed by atoms with Crippen LogP contribution >= 0.6 is 0 Å². The van der Waals surface area contributed by atoms with Crippen LogP contribution in [-0.2, 0) is 14.9 Å². The smallest absolute Gasteiger partial charge is 0.412 e. The van der Waals surface area contributed by atoms with E-state index in [1.807, 2.05) is 0 Å². The van der Waals surface area contributed by atoms with Gasteiger partial charge in [-0.05, 0) is 64.2 Å². The van der Waals surface area contributed by atoms with Crippen LogP contribution in [0.15, 0.2) is 24.3 Å². The number of hydrogen-bond acceptors (Lipinski definition) is 4. The van der Waals surface area contributed by atoms with Gasteiger partial charge in [0.1, 0.15) is 5.60 Å². The fourth-order valence-corrected chi connectivity index (χ4v) is 3.04. The first-order chi connectivity index (χ1) is 11.1. The van der Waals surface area contributed by atoms with Gasteiger partial charge in [-0.15, -0.1) is 0 Å². The standard InChI is InChI=1S/C18H25NO5/c1-17(2,3)24-16(23)19-13-6-4-5-12(11-13)18(15(21)22)9-7-14(20)8-10-18/h4-6,11,14,20H,7-10H2,1-3H3,(H,19,23)(H,21,22). The van der Waals surface area contributed by atoms with Gasteiger partial charge in [-0.3, -0.25) is 10.1 Å². The van der Waals surface area contributed by atoms with Gasteiger partial charge in [-0.1, -0.05) is 12.1 Å². The lowest BCUT2D eigenvalue weighted by atomic mass is 9.68. The number of aliphatic carboxylic acids is 1. The fourth-order valence-electron chi connectivity index (χ4n) is 3.04.